The number of halogens is 1. The predicted molar refractivity (Wildman–Crippen MR) is 85.9 cm³/mol. The van der Waals surface area contributed by atoms with Gasteiger partial charge < -0.3 is 16.0 Å². The van der Waals surface area contributed by atoms with E-state index in [1.54, 1.807) is 20.8 Å². The lowest BCUT2D eigenvalue weighted by Gasteiger charge is -2.28. The van der Waals surface area contributed by atoms with E-state index in [2.05, 4.69) is 5.32 Å². The molecule has 0 bridgehead atoms. The molecule has 0 saturated carbocycles. The van der Waals surface area contributed by atoms with Crippen molar-refractivity contribution in [2.24, 2.45) is 11.7 Å². The maximum absolute atomic E-state index is 12.5. The van der Waals surface area contributed by atoms with Crippen LogP contribution in [0.5, 0.6) is 0 Å². The second-order valence-corrected chi connectivity index (χ2v) is 6.40. The van der Waals surface area contributed by atoms with Gasteiger partial charge in [0.15, 0.2) is 0 Å². The third kappa shape index (κ3) is 4.75. The van der Waals surface area contributed by atoms with Gasteiger partial charge in [0.05, 0.1) is 18.0 Å². The number of alkyl halides is 1. The monoisotopic (exact) mass is 345 g/mol. The van der Waals surface area contributed by atoms with E-state index < -0.39 is 41.5 Å². The Morgan fingerprint density at radius 3 is 2.35 bits per heavy atom. The second kappa shape index (κ2) is 8.40. The summed E-state index contributed by atoms with van der Waals surface area (Å²) in [6.07, 6.45) is 1.20. The average Bonchev–Trinajstić information content (AvgIpc) is 2.99. The summed E-state index contributed by atoms with van der Waals surface area (Å²) in [5.41, 5.74) is 5.60. The van der Waals surface area contributed by atoms with E-state index in [1.807, 2.05) is 0 Å². The highest BCUT2D eigenvalue weighted by Gasteiger charge is 2.37. The smallest absolute Gasteiger partial charge is 0.243 e. The lowest BCUT2D eigenvalue weighted by atomic mass is 9.97. The highest BCUT2D eigenvalue weighted by Crippen LogP contribution is 2.19. The quantitative estimate of drug-likeness (QED) is 0.492. The first-order valence-electron chi connectivity index (χ1n) is 7.70. The molecule has 0 unspecified atom stereocenters. The van der Waals surface area contributed by atoms with Gasteiger partial charge in [0.1, 0.15) is 6.04 Å². The predicted octanol–water partition coefficient (Wildman–Crippen LogP) is -0.158. The summed E-state index contributed by atoms with van der Waals surface area (Å²) in [7, 11) is 0. The molecule has 1 saturated heterocycles. The largest absolute Gasteiger partial charge is 0.344 e. The van der Waals surface area contributed by atoms with E-state index in [-0.39, 0.29) is 11.8 Å². The summed E-state index contributed by atoms with van der Waals surface area (Å²) in [6, 6.07) is -2.29. The van der Waals surface area contributed by atoms with Crippen LogP contribution in [0.3, 0.4) is 0 Å². The number of hydrogen-bond donors (Lipinski definition) is 2. The van der Waals surface area contributed by atoms with Gasteiger partial charge in [-0.05, 0) is 25.7 Å². The molecule has 1 rings (SSSR count). The highest BCUT2D eigenvalue weighted by molar-refractivity contribution is 6.48. The number of carbonyl (C=O) groups excluding carboxylic acids is 4. The van der Waals surface area contributed by atoms with Crippen molar-refractivity contribution in [2.45, 2.75) is 51.7 Å². The number of carbonyl (C=O) groups is 4. The summed E-state index contributed by atoms with van der Waals surface area (Å²) < 4.78 is 0. The van der Waals surface area contributed by atoms with E-state index in [1.165, 1.54) is 4.90 Å². The Bertz CT molecular complexity index is 493. The maximum Gasteiger partial charge on any atom is 0.243 e. The molecule has 7 nitrogen and oxygen atoms in total. The normalized spacial score (nSPS) is 20.3. The molecule has 1 heterocycles. The first-order chi connectivity index (χ1) is 10.7. The van der Waals surface area contributed by atoms with Crippen LogP contribution in [-0.2, 0) is 19.2 Å². The van der Waals surface area contributed by atoms with Crippen LogP contribution in [-0.4, -0.2) is 58.8 Å². The minimum Gasteiger partial charge on any atom is -0.344 e. The Labute approximate surface area is 140 Å². The minimum absolute atomic E-state index is 0.266. The number of ketones is 2. The zero-order valence-electron chi connectivity index (χ0n) is 13.7. The highest BCUT2D eigenvalue weighted by atomic mass is 35.5. The van der Waals surface area contributed by atoms with Crippen LogP contribution in [0, 0.1) is 5.92 Å². The van der Waals surface area contributed by atoms with Gasteiger partial charge in [0, 0.05) is 6.54 Å². The number of Topliss-reactive ketones (excluding diaryl/α,β-unsaturated/α-hetero) is 2. The lowest BCUT2D eigenvalue weighted by Crippen LogP contribution is -2.55. The zero-order valence-corrected chi connectivity index (χ0v) is 14.4. The van der Waals surface area contributed by atoms with Crippen LogP contribution in [0.4, 0.5) is 0 Å². The summed E-state index contributed by atoms with van der Waals surface area (Å²) >= 11 is 5.41. The van der Waals surface area contributed by atoms with Gasteiger partial charge in [-0.2, -0.15) is 0 Å². The van der Waals surface area contributed by atoms with E-state index in [0.717, 1.165) is 0 Å². The molecule has 1 aliphatic heterocycles. The molecule has 0 aliphatic carbocycles. The van der Waals surface area contributed by atoms with Crippen molar-refractivity contribution in [3.05, 3.63) is 0 Å². The van der Waals surface area contributed by atoms with Crippen molar-refractivity contribution < 1.29 is 19.2 Å². The van der Waals surface area contributed by atoms with Crippen molar-refractivity contribution in [1.82, 2.24) is 10.2 Å². The van der Waals surface area contributed by atoms with Gasteiger partial charge in [-0.1, -0.05) is 13.8 Å². The first kappa shape index (κ1) is 19.6. The number of hydrogen-bond acceptors (Lipinski definition) is 5. The molecule has 0 aromatic rings. The molecule has 3 N–H and O–H groups in total. The molecule has 23 heavy (non-hydrogen) atoms. The van der Waals surface area contributed by atoms with Crippen molar-refractivity contribution in [3.8, 4) is 0 Å². The van der Waals surface area contributed by atoms with Crippen LogP contribution in [0.1, 0.15) is 33.6 Å². The number of nitrogens with two attached hydrogens (primary N) is 1. The van der Waals surface area contributed by atoms with Crippen molar-refractivity contribution in [3.63, 3.8) is 0 Å². The van der Waals surface area contributed by atoms with Gasteiger partial charge in [-0.15, -0.1) is 11.6 Å². The van der Waals surface area contributed by atoms with E-state index in [9.17, 15) is 19.2 Å². The number of likely N-dealkylation sites (tertiary alicyclic amines) is 1. The van der Waals surface area contributed by atoms with Crippen molar-refractivity contribution in [2.75, 3.05) is 12.4 Å². The van der Waals surface area contributed by atoms with Gasteiger partial charge in [-0.3, -0.25) is 19.2 Å². The lowest BCUT2D eigenvalue weighted by molar-refractivity contribution is -0.141. The van der Waals surface area contributed by atoms with Gasteiger partial charge in [0.2, 0.25) is 23.4 Å². The van der Waals surface area contributed by atoms with Crippen LogP contribution < -0.4 is 11.1 Å². The number of nitrogens with one attached hydrogen (secondary N) is 1. The maximum atomic E-state index is 12.5. The van der Waals surface area contributed by atoms with Crippen molar-refractivity contribution >= 4 is 35.0 Å². The van der Waals surface area contributed by atoms with Gasteiger partial charge >= 0.3 is 0 Å². The Morgan fingerprint density at radius 2 is 1.87 bits per heavy atom. The molecule has 0 aromatic heterocycles. The molecule has 1 aliphatic rings. The minimum atomic E-state index is -0.943. The van der Waals surface area contributed by atoms with E-state index in [0.29, 0.717) is 19.4 Å². The fraction of sp³-hybridized carbons (Fsp3) is 0.733. The fourth-order valence-corrected chi connectivity index (χ4v) is 2.72. The van der Waals surface area contributed by atoms with E-state index >= 15 is 0 Å². The van der Waals surface area contributed by atoms with Crippen LogP contribution in [0.15, 0.2) is 0 Å². The molecule has 2 amide bonds. The van der Waals surface area contributed by atoms with Gasteiger partial charge in [0.25, 0.3) is 0 Å². The zero-order chi connectivity index (χ0) is 17.7. The molecule has 1 fully saturated rings. The summed E-state index contributed by atoms with van der Waals surface area (Å²) in [6.45, 7) is 5.47. The topological polar surface area (TPSA) is 110 Å². The Morgan fingerprint density at radius 1 is 1.26 bits per heavy atom. The molecule has 0 aromatic carbocycles. The number of rotatable bonds is 7. The summed E-state index contributed by atoms with van der Waals surface area (Å²) in [4.78, 5) is 49.5. The van der Waals surface area contributed by atoms with Crippen molar-refractivity contribution in [1.29, 1.82) is 0 Å². The van der Waals surface area contributed by atoms with Gasteiger partial charge in [-0.25, -0.2) is 0 Å². The molecule has 0 spiro atoms. The van der Waals surface area contributed by atoms with Crippen LogP contribution in [0.2, 0.25) is 0 Å². The van der Waals surface area contributed by atoms with Crippen LogP contribution >= 0.6 is 11.6 Å². The third-order valence-electron chi connectivity index (χ3n) is 3.87. The third-order valence-corrected chi connectivity index (χ3v) is 4.11. The number of amides is 2. The summed E-state index contributed by atoms with van der Waals surface area (Å²) in [5, 5.41) is 2.59. The Hall–Kier alpha value is -1.47. The molecular formula is C15H24ClN3O4. The molecule has 3 atom stereocenters. The summed E-state index contributed by atoms with van der Waals surface area (Å²) in [5.74, 6) is -2.88. The fourth-order valence-electron chi connectivity index (χ4n) is 2.59. The molecule has 130 valence electrons. The molecular weight excluding hydrogens is 322 g/mol. The molecule has 0 radical (unpaired) electrons. The Kier molecular flexibility index (Phi) is 7.15. The number of nitrogens with zero attached hydrogens (tertiary/aromatic N) is 1. The van der Waals surface area contributed by atoms with E-state index in [4.69, 9.17) is 17.3 Å². The second-order valence-electron chi connectivity index (χ2n) is 6.13. The Balaban J connectivity index is 2.84. The molecule has 8 heteroatoms. The van der Waals surface area contributed by atoms with Crippen LogP contribution in [0.25, 0.3) is 0 Å². The first-order valence-corrected chi connectivity index (χ1v) is 8.23. The average molecular weight is 346 g/mol. The standard InChI is InChI=1S/C15H24ClN3O4/c1-8(2)12(13(21)11(20)7-16)18-14(22)10-5-4-6-19(10)15(23)9(3)17/h8-10,12H,4-7,17H2,1-3H3,(H,18,22)/t9-,10-,12-/m0/s1. The SMILES string of the molecule is CC(C)[C@H](NC(=O)[C@@H]1CCCN1C(=O)[C@H](C)N)C(=O)C(=O)CCl.